The Morgan fingerprint density at radius 2 is 2.29 bits per heavy atom. The van der Waals surface area contributed by atoms with Crippen molar-refractivity contribution in [3.05, 3.63) is 35.0 Å². The maximum atomic E-state index is 6.19. The van der Waals surface area contributed by atoms with E-state index in [1.54, 1.807) is 6.26 Å². The van der Waals surface area contributed by atoms with E-state index in [-0.39, 0.29) is 0 Å². The lowest BCUT2D eigenvalue weighted by Gasteiger charge is -2.30. The SMILES string of the molecule is C[C@@H]1CNCC[C@@H]1c1cc(Cl)cc2ccoc12. The van der Waals surface area contributed by atoms with E-state index in [2.05, 4.69) is 18.3 Å². The fourth-order valence-electron chi connectivity index (χ4n) is 2.82. The highest BCUT2D eigenvalue weighted by Crippen LogP contribution is 2.36. The molecule has 1 aliphatic rings. The van der Waals surface area contributed by atoms with Crippen LogP contribution in [0.2, 0.25) is 5.02 Å². The minimum absolute atomic E-state index is 0.545. The van der Waals surface area contributed by atoms with Gasteiger partial charge in [0.25, 0.3) is 0 Å². The zero-order valence-electron chi connectivity index (χ0n) is 9.87. The molecule has 1 aromatic carbocycles. The van der Waals surface area contributed by atoms with Crippen molar-refractivity contribution >= 4 is 22.6 Å². The quantitative estimate of drug-likeness (QED) is 0.832. The van der Waals surface area contributed by atoms with Crippen molar-refractivity contribution in [2.75, 3.05) is 13.1 Å². The second-order valence-corrected chi connectivity index (χ2v) is 5.35. The highest BCUT2D eigenvalue weighted by Gasteiger charge is 2.25. The molecule has 1 aromatic heterocycles. The second kappa shape index (κ2) is 4.35. The first-order chi connectivity index (χ1) is 8.25. The first kappa shape index (κ1) is 11.1. The monoisotopic (exact) mass is 249 g/mol. The van der Waals surface area contributed by atoms with E-state index in [0.717, 1.165) is 35.5 Å². The fourth-order valence-corrected chi connectivity index (χ4v) is 3.06. The molecule has 0 bridgehead atoms. The summed E-state index contributed by atoms with van der Waals surface area (Å²) in [6.07, 6.45) is 2.90. The summed E-state index contributed by atoms with van der Waals surface area (Å²) in [4.78, 5) is 0. The van der Waals surface area contributed by atoms with Crippen molar-refractivity contribution in [2.24, 2.45) is 5.92 Å². The number of fused-ring (bicyclic) bond motifs is 1. The van der Waals surface area contributed by atoms with Crippen molar-refractivity contribution in [1.82, 2.24) is 5.32 Å². The summed E-state index contributed by atoms with van der Waals surface area (Å²) in [5, 5.41) is 5.34. The Hall–Kier alpha value is -0.990. The lowest BCUT2D eigenvalue weighted by molar-refractivity contribution is 0.349. The van der Waals surface area contributed by atoms with Crippen LogP contribution in [0.25, 0.3) is 11.0 Å². The van der Waals surface area contributed by atoms with E-state index in [4.69, 9.17) is 16.0 Å². The Balaban J connectivity index is 2.11. The minimum atomic E-state index is 0.545. The molecule has 0 saturated carbocycles. The third-order valence-corrected chi connectivity index (χ3v) is 3.95. The number of halogens is 1. The average Bonchev–Trinajstić information content (AvgIpc) is 2.76. The number of rotatable bonds is 1. The summed E-state index contributed by atoms with van der Waals surface area (Å²) >= 11 is 6.19. The Bertz CT molecular complexity index is 534. The van der Waals surface area contributed by atoms with Gasteiger partial charge >= 0.3 is 0 Å². The standard InChI is InChI=1S/C14H16ClNO/c1-9-8-16-4-2-12(9)13-7-11(15)6-10-3-5-17-14(10)13/h3,5-7,9,12,16H,2,4,8H2,1H3/t9-,12+/m1/s1. The number of hydrogen-bond acceptors (Lipinski definition) is 2. The minimum Gasteiger partial charge on any atom is -0.464 e. The molecule has 2 atom stereocenters. The van der Waals surface area contributed by atoms with Crippen LogP contribution in [-0.2, 0) is 0 Å². The van der Waals surface area contributed by atoms with E-state index in [0.29, 0.717) is 11.8 Å². The molecule has 1 aliphatic heterocycles. The second-order valence-electron chi connectivity index (χ2n) is 4.91. The summed E-state index contributed by atoms with van der Waals surface area (Å²) in [6.45, 7) is 4.43. The van der Waals surface area contributed by atoms with Crippen LogP contribution in [0.1, 0.15) is 24.8 Å². The van der Waals surface area contributed by atoms with Gasteiger partial charge in [0.1, 0.15) is 5.58 Å². The third kappa shape index (κ3) is 1.96. The molecular formula is C14H16ClNO. The molecule has 1 N–H and O–H groups in total. The van der Waals surface area contributed by atoms with Crippen LogP contribution in [0.3, 0.4) is 0 Å². The third-order valence-electron chi connectivity index (χ3n) is 3.73. The molecule has 0 spiro atoms. The van der Waals surface area contributed by atoms with E-state index in [9.17, 15) is 0 Å². The highest BCUT2D eigenvalue weighted by molar-refractivity contribution is 6.31. The molecule has 2 heterocycles. The van der Waals surface area contributed by atoms with Gasteiger partial charge in [0.15, 0.2) is 0 Å². The topological polar surface area (TPSA) is 25.2 Å². The average molecular weight is 250 g/mol. The molecule has 0 radical (unpaired) electrons. The van der Waals surface area contributed by atoms with Gasteiger partial charge in [-0.05, 0) is 49.5 Å². The van der Waals surface area contributed by atoms with E-state index >= 15 is 0 Å². The van der Waals surface area contributed by atoms with Gasteiger partial charge in [-0.3, -0.25) is 0 Å². The van der Waals surface area contributed by atoms with Crippen molar-refractivity contribution in [3.8, 4) is 0 Å². The number of benzene rings is 1. The van der Waals surface area contributed by atoms with Crippen LogP contribution >= 0.6 is 11.6 Å². The lowest BCUT2D eigenvalue weighted by Crippen LogP contribution is -2.33. The summed E-state index contributed by atoms with van der Waals surface area (Å²) in [5.74, 6) is 1.17. The number of nitrogens with one attached hydrogen (secondary N) is 1. The molecule has 3 heteroatoms. The van der Waals surface area contributed by atoms with Gasteiger partial charge in [-0.15, -0.1) is 0 Å². The zero-order chi connectivity index (χ0) is 11.8. The molecule has 2 aromatic rings. The Morgan fingerprint density at radius 1 is 1.41 bits per heavy atom. The van der Waals surface area contributed by atoms with E-state index in [1.807, 2.05) is 12.1 Å². The molecule has 3 rings (SSSR count). The van der Waals surface area contributed by atoms with Crippen molar-refractivity contribution in [3.63, 3.8) is 0 Å². The maximum absolute atomic E-state index is 6.19. The first-order valence-electron chi connectivity index (χ1n) is 6.13. The van der Waals surface area contributed by atoms with Crippen LogP contribution < -0.4 is 5.32 Å². The zero-order valence-corrected chi connectivity index (χ0v) is 10.6. The number of piperidine rings is 1. The van der Waals surface area contributed by atoms with Crippen LogP contribution in [0.4, 0.5) is 0 Å². The lowest BCUT2D eigenvalue weighted by atomic mass is 9.82. The van der Waals surface area contributed by atoms with Gasteiger partial charge in [-0.25, -0.2) is 0 Å². The van der Waals surface area contributed by atoms with Gasteiger partial charge < -0.3 is 9.73 Å². The van der Waals surface area contributed by atoms with Gasteiger partial charge in [-0.1, -0.05) is 18.5 Å². The molecule has 17 heavy (non-hydrogen) atoms. The molecule has 2 nitrogen and oxygen atoms in total. The molecule has 90 valence electrons. The van der Waals surface area contributed by atoms with Crippen LogP contribution in [0, 0.1) is 5.92 Å². The number of hydrogen-bond donors (Lipinski definition) is 1. The normalized spacial score (nSPS) is 25.3. The maximum Gasteiger partial charge on any atom is 0.137 e. The van der Waals surface area contributed by atoms with Crippen LogP contribution in [0.15, 0.2) is 28.9 Å². The van der Waals surface area contributed by atoms with E-state index < -0.39 is 0 Å². The molecule has 0 unspecified atom stereocenters. The van der Waals surface area contributed by atoms with Crippen molar-refractivity contribution in [2.45, 2.75) is 19.3 Å². The van der Waals surface area contributed by atoms with Crippen molar-refractivity contribution < 1.29 is 4.42 Å². The Kier molecular flexibility index (Phi) is 2.85. The summed E-state index contributed by atoms with van der Waals surface area (Å²) in [5.41, 5.74) is 2.28. The predicted octanol–water partition coefficient (Wildman–Crippen LogP) is 3.80. The fraction of sp³-hybridized carbons (Fsp3) is 0.429. The molecular weight excluding hydrogens is 234 g/mol. The van der Waals surface area contributed by atoms with Crippen molar-refractivity contribution in [1.29, 1.82) is 0 Å². The Morgan fingerprint density at radius 3 is 3.12 bits per heavy atom. The smallest absolute Gasteiger partial charge is 0.137 e. The Labute approximate surface area is 106 Å². The van der Waals surface area contributed by atoms with Gasteiger partial charge in [0, 0.05) is 16.0 Å². The summed E-state index contributed by atoms with van der Waals surface area (Å²) < 4.78 is 5.63. The summed E-state index contributed by atoms with van der Waals surface area (Å²) in [7, 11) is 0. The first-order valence-corrected chi connectivity index (χ1v) is 6.51. The predicted molar refractivity (Wildman–Crippen MR) is 70.6 cm³/mol. The van der Waals surface area contributed by atoms with Crippen LogP contribution in [0.5, 0.6) is 0 Å². The van der Waals surface area contributed by atoms with Crippen LogP contribution in [-0.4, -0.2) is 13.1 Å². The molecule has 1 saturated heterocycles. The highest BCUT2D eigenvalue weighted by atomic mass is 35.5. The molecule has 0 amide bonds. The largest absolute Gasteiger partial charge is 0.464 e. The molecule has 0 aliphatic carbocycles. The number of furan rings is 1. The molecule has 1 fully saturated rings. The van der Waals surface area contributed by atoms with E-state index in [1.165, 1.54) is 5.56 Å². The summed E-state index contributed by atoms with van der Waals surface area (Å²) in [6, 6.07) is 6.02. The van der Waals surface area contributed by atoms with Gasteiger partial charge in [0.05, 0.1) is 6.26 Å². The van der Waals surface area contributed by atoms with Gasteiger partial charge in [-0.2, -0.15) is 0 Å². The van der Waals surface area contributed by atoms with Gasteiger partial charge in [0.2, 0.25) is 0 Å².